The summed E-state index contributed by atoms with van der Waals surface area (Å²) in [4.78, 5) is 19.0. The molecule has 5 nitrogen and oxygen atoms in total. The van der Waals surface area contributed by atoms with E-state index in [9.17, 15) is 4.79 Å². The fourth-order valence-corrected chi connectivity index (χ4v) is 3.28. The Kier molecular flexibility index (Phi) is 3.93. The highest BCUT2D eigenvalue weighted by atomic mass is 35.5. The van der Waals surface area contributed by atoms with E-state index >= 15 is 0 Å². The molecule has 25 heavy (non-hydrogen) atoms. The van der Waals surface area contributed by atoms with Crippen LogP contribution in [0.15, 0.2) is 59.3 Å². The van der Waals surface area contributed by atoms with Gasteiger partial charge in [0.2, 0.25) is 0 Å². The molecule has 0 saturated heterocycles. The van der Waals surface area contributed by atoms with E-state index in [1.54, 1.807) is 29.5 Å². The molecule has 1 aliphatic heterocycles. The Bertz CT molecular complexity index is 924. The van der Waals surface area contributed by atoms with E-state index in [1.807, 2.05) is 37.3 Å². The third kappa shape index (κ3) is 2.87. The molecule has 1 aliphatic rings. The van der Waals surface area contributed by atoms with Crippen molar-refractivity contribution in [3.05, 3.63) is 82.5 Å². The Balaban J connectivity index is 1.71. The van der Waals surface area contributed by atoms with Crippen LogP contribution < -0.4 is 5.32 Å². The molecule has 126 valence electrons. The van der Waals surface area contributed by atoms with Crippen LogP contribution in [0, 0.1) is 6.92 Å². The zero-order valence-electron chi connectivity index (χ0n) is 13.6. The highest BCUT2D eigenvalue weighted by Crippen LogP contribution is 2.35. The Labute approximate surface area is 150 Å². The zero-order valence-corrected chi connectivity index (χ0v) is 14.3. The number of benzene rings is 1. The zero-order chi connectivity index (χ0) is 17.4. The lowest BCUT2D eigenvalue weighted by Gasteiger charge is -2.26. The number of aryl methyl sites for hydroxylation is 1. The van der Waals surface area contributed by atoms with Gasteiger partial charge in [-0.05, 0) is 55.0 Å². The lowest BCUT2D eigenvalue weighted by molar-refractivity contribution is 0.0714. The predicted octanol–water partition coefficient (Wildman–Crippen LogP) is 4.40. The van der Waals surface area contributed by atoms with E-state index < -0.39 is 0 Å². The van der Waals surface area contributed by atoms with Crippen molar-refractivity contribution in [2.75, 3.05) is 5.32 Å². The summed E-state index contributed by atoms with van der Waals surface area (Å²) in [5.41, 5.74) is 3.24. The van der Waals surface area contributed by atoms with Gasteiger partial charge in [-0.15, -0.1) is 0 Å². The van der Waals surface area contributed by atoms with Crippen molar-refractivity contribution in [2.45, 2.75) is 19.6 Å². The van der Waals surface area contributed by atoms with Crippen molar-refractivity contribution in [3.63, 3.8) is 0 Å². The van der Waals surface area contributed by atoms with Gasteiger partial charge in [-0.3, -0.25) is 9.78 Å². The molecule has 4 rings (SSSR count). The lowest BCUT2D eigenvalue weighted by Crippen LogP contribution is -2.32. The topological polar surface area (TPSA) is 58.4 Å². The minimum absolute atomic E-state index is 0.0661. The van der Waals surface area contributed by atoms with Gasteiger partial charge in [0.05, 0.1) is 24.1 Å². The number of hydrogen-bond donors (Lipinski definition) is 1. The first kappa shape index (κ1) is 15.7. The summed E-state index contributed by atoms with van der Waals surface area (Å²) in [6.45, 7) is 2.34. The molecule has 1 amide bonds. The molecular weight excluding hydrogens is 338 g/mol. The number of amides is 1. The first-order valence-electron chi connectivity index (χ1n) is 7.94. The van der Waals surface area contributed by atoms with Crippen LogP contribution in [0.25, 0.3) is 0 Å². The molecule has 0 spiro atoms. The number of halogens is 1. The maximum Gasteiger partial charge on any atom is 0.258 e. The average molecular weight is 354 g/mol. The SMILES string of the molecule is Cc1cc(Cl)ccc1N[C@@H]1c2ncccc2C(=O)N1Cc1ccco1. The van der Waals surface area contributed by atoms with Crippen LogP contribution in [0.5, 0.6) is 0 Å². The van der Waals surface area contributed by atoms with Gasteiger partial charge in [0, 0.05) is 16.9 Å². The molecule has 1 aromatic carbocycles. The third-order valence-corrected chi connectivity index (χ3v) is 4.52. The summed E-state index contributed by atoms with van der Waals surface area (Å²) in [6.07, 6.45) is 2.94. The van der Waals surface area contributed by atoms with E-state index in [0.29, 0.717) is 22.8 Å². The quantitative estimate of drug-likeness (QED) is 0.755. The molecule has 0 unspecified atom stereocenters. The maximum atomic E-state index is 12.8. The second-order valence-corrected chi connectivity index (χ2v) is 6.39. The van der Waals surface area contributed by atoms with Gasteiger partial charge in [-0.25, -0.2) is 0 Å². The molecule has 0 fully saturated rings. The first-order valence-corrected chi connectivity index (χ1v) is 8.32. The Morgan fingerprint density at radius 1 is 1.28 bits per heavy atom. The minimum Gasteiger partial charge on any atom is -0.467 e. The van der Waals surface area contributed by atoms with Crippen molar-refractivity contribution in [1.29, 1.82) is 0 Å². The molecule has 0 radical (unpaired) electrons. The van der Waals surface area contributed by atoms with Crippen LogP contribution in [0.4, 0.5) is 5.69 Å². The third-order valence-electron chi connectivity index (χ3n) is 4.29. The highest BCUT2D eigenvalue weighted by Gasteiger charge is 2.38. The van der Waals surface area contributed by atoms with Gasteiger partial charge >= 0.3 is 0 Å². The average Bonchev–Trinajstić information content (AvgIpc) is 3.20. The number of carbonyl (C=O) groups excluding carboxylic acids is 1. The highest BCUT2D eigenvalue weighted by molar-refractivity contribution is 6.30. The molecule has 2 aromatic heterocycles. The number of hydrogen-bond acceptors (Lipinski definition) is 4. The summed E-state index contributed by atoms with van der Waals surface area (Å²) in [7, 11) is 0. The number of furan rings is 1. The largest absolute Gasteiger partial charge is 0.467 e. The number of pyridine rings is 1. The number of carbonyl (C=O) groups is 1. The lowest BCUT2D eigenvalue weighted by atomic mass is 10.1. The number of fused-ring (bicyclic) bond motifs is 1. The molecule has 0 saturated carbocycles. The summed E-state index contributed by atoms with van der Waals surface area (Å²) in [6, 6.07) is 12.9. The predicted molar refractivity (Wildman–Crippen MR) is 95.4 cm³/mol. The van der Waals surface area contributed by atoms with Crippen LogP contribution in [-0.4, -0.2) is 15.8 Å². The molecule has 3 aromatic rings. The van der Waals surface area contributed by atoms with Crippen LogP contribution in [0.2, 0.25) is 5.02 Å². The van der Waals surface area contributed by atoms with Crippen molar-refractivity contribution >= 4 is 23.2 Å². The van der Waals surface area contributed by atoms with E-state index in [2.05, 4.69) is 10.3 Å². The first-order chi connectivity index (χ1) is 12.1. The summed E-state index contributed by atoms with van der Waals surface area (Å²) in [5.74, 6) is 0.657. The monoisotopic (exact) mass is 353 g/mol. The Morgan fingerprint density at radius 3 is 2.92 bits per heavy atom. The van der Waals surface area contributed by atoms with Crippen LogP contribution in [0.1, 0.15) is 33.5 Å². The second kappa shape index (κ2) is 6.26. The van der Waals surface area contributed by atoms with Crippen LogP contribution in [0.3, 0.4) is 0 Å². The molecule has 0 bridgehead atoms. The van der Waals surface area contributed by atoms with Gasteiger partial charge in [-0.1, -0.05) is 11.6 Å². The summed E-state index contributed by atoms with van der Waals surface area (Å²) >= 11 is 6.04. The molecular formula is C19H16ClN3O2. The fourth-order valence-electron chi connectivity index (χ4n) is 3.05. The van der Waals surface area contributed by atoms with Gasteiger partial charge < -0.3 is 14.6 Å². The summed E-state index contributed by atoms with van der Waals surface area (Å²) in [5, 5.41) is 4.11. The summed E-state index contributed by atoms with van der Waals surface area (Å²) < 4.78 is 5.42. The smallest absolute Gasteiger partial charge is 0.258 e. The number of anilines is 1. The number of aromatic nitrogens is 1. The molecule has 1 N–H and O–H groups in total. The van der Waals surface area contributed by atoms with Crippen molar-refractivity contribution in [2.24, 2.45) is 0 Å². The Hall–Kier alpha value is -2.79. The Morgan fingerprint density at radius 2 is 2.16 bits per heavy atom. The number of nitrogens with one attached hydrogen (secondary N) is 1. The van der Waals surface area contributed by atoms with Gasteiger partial charge in [0.15, 0.2) is 0 Å². The van der Waals surface area contributed by atoms with Crippen LogP contribution in [-0.2, 0) is 6.54 Å². The van der Waals surface area contributed by atoms with Gasteiger partial charge in [0.1, 0.15) is 11.9 Å². The normalized spacial score (nSPS) is 16.2. The van der Waals surface area contributed by atoms with Crippen LogP contribution >= 0.6 is 11.6 Å². The molecule has 0 aliphatic carbocycles. The molecule has 1 atom stereocenters. The van der Waals surface area contributed by atoms with E-state index in [-0.39, 0.29) is 12.1 Å². The van der Waals surface area contributed by atoms with Gasteiger partial charge in [-0.2, -0.15) is 0 Å². The van der Waals surface area contributed by atoms with E-state index in [0.717, 1.165) is 17.0 Å². The molecule has 6 heteroatoms. The van der Waals surface area contributed by atoms with Crippen molar-refractivity contribution in [1.82, 2.24) is 9.88 Å². The minimum atomic E-state index is -0.367. The molecule has 3 heterocycles. The fraction of sp³-hybridized carbons (Fsp3) is 0.158. The number of rotatable bonds is 4. The van der Waals surface area contributed by atoms with Crippen molar-refractivity contribution < 1.29 is 9.21 Å². The van der Waals surface area contributed by atoms with Crippen molar-refractivity contribution in [3.8, 4) is 0 Å². The maximum absolute atomic E-state index is 12.8. The number of nitrogens with zero attached hydrogens (tertiary/aromatic N) is 2. The van der Waals surface area contributed by atoms with E-state index in [1.165, 1.54) is 0 Å². The standard InChI is InChI=1S/C19H16ClN3O2/c1-12-10-13(20)6-7-16(12)22-18-17-15(5-2-8-21-17)19(24)23(18)11-14-4-3-9-25-14/h2-10,18,22H,11H2,1H3/t18-/m0/s1. The van der Waals surface area contributed by atoms with E-state index in [4.69, 9.17) is 16.0 Å². The second-order valence-electron chi connectivity index (χ2n) is 5.95. The van der Waals surface area contributed by atoms with Gasteiger partial charge in [0.25, 0.3) is 5.91 Å².